The monoisotopic (exact) mass is 427 g/mol. The van der Waals surface area contributed by atoms with Gasteiger partial charge in [0.1, 0.15) is 6.17 Å². The highest BCUT2D eigenvalue weighted by molar-refractivity contribution is 5.87. The first-order valence-electron chi connectivity index (χ1n) is 10.7. The van der Waals surface area contributed by atoms with Gasteiger partial charge in [0.05, 0.1) is 17.4 Å². The van der Waals surface area contributed by atoms with Crippen LogP contribution in [0.25, 0.3) is 33.5 Å². The van der Waals surface area contributed by atoms with Crippen molar-refractivity contribution in [3.8, 4) is 22.5 Å². The molecule has 5 aromatic rings. The maximum absolute atomic E-state index is 4.69. The Morgan fingerprint density at radius 2 is 1.94 bits per heavy atom. The molecule has 0 bridgehead atoms. The topological polar surface area (TPSA) is 116 Å². The lowest BCUT2D eigenvalue weighted by Crippen LogP contribution is -2.20. The average Bonchev–Trinajstić information content (AvgIpc) is 3.58. The Morgan fingerprint density at radius 3 is 2.69 bits per heavy atom. The lowest BCUT2D eigenvalue weighted by atomic mass is 9.99. The first-order chi connectivity index (χ1) is 15.7. The number of aromatic amines is 1. The summed E-state index contributed by atoms with van der Waals surface area (Å²) in [6.07, 6.45) is 5.98. The highest BCUT2D eigenvalue weighted by atomic mass is 15.6. The van der Waals surface area contributed by atoms with E-state index < -0.39 is 0 Å². The number of unbranched alkanes of at least 4 members (excludes halogenated alkanes) is 2. The fourth-order valence-corrected chi connectivity index (χ4v) is 3.97. The van der Waals surface area contributed by atoms with Crippen molar-refractivity contribution in [1.29, 1.82) is 0 Å². The molecule has 0 saturated heterocycles. The summed E-state index contributed by atoms with van der Waals surface area (Å²) in [4.78, 5) is 6.32. The summed E-state index contributed by atoms with van der Waals surface area (Å²) in [6.45, 7) is 5.98. The van der Waals surface area contributed by atoms with Gasteiger partial charge in [-0.05, 0) is 46.5 Å². The standard InChI is InChI=1S/C22H23N10/c1-3-4-5-10-21(32-27-15(2)24-30-32)31-14-23-19-13-16(11-12-20(19)31)17-8-6-7-9-18(17)22-25-28-29-26-22/h6-9,11-14,21H,2-5,10H2,1H3,(H,25,26,28,29). The summed E-state index contributed by atoms with van der Waals surface area (Å²) in [6, 6.07) is 14.2. The van der Waals surface area contributed by atoms with Crippen molar-refractivity contribution in [3.05, 3.63) is 61.5 Å². The Kier molecular flexibility index (Phi) is 5.40. The van der Waals surface area contributed by atoms with Crippen LogP contribution in [-0.2, 0) is 0 Å². The molecule has 10 heteroatoms. The van der Waals surface area contributed by atoms with Gasteiger partial charge in [-0.2, -0.15) is 5.21 Å². The molecule has 10 nitrogen and oxygen atoms in total. The third kappa shape index (κ3) is 3.75. The third-order valence-corrected chi connectivity index (χ3v) is 5.52. The van der Waals surface area contributed by atoms with Gasteiger partial charge < -0.3 is 4.57 Å². The summed E-state index contributed by atoms with van der Waals surface area (Å²) in [7, 11) is 0. The minimum Gasteiger partial charge on any atom is -0.306 e. The first-order valence-corrected chi connectivity index (χ1v) is 10.7. The highest BCUT2D eigenvalue weighted by Gasteiger charge is 2.19. The van der Waals surface area contributed by atoms with Crippen molar-refractivity contribution in [2.24, 2.45) is 0 Å². The van der Waals surface area contributed by atoms with E-state index in [4.69, 9.17) is 0 Å². The van der Waals surface area contributed by atoms with Gasteiger partial charge in [-0.1, -0.05) is 50.1 Å². The van der Waals surface area contributed by atoms with Crippen molar-refractivity contribution in [2.45, 2.75) is 38.8 Å². The van der Waals surface area contributed by atoms with E-state index in [0.717, 1.165) is 53.4 Å². The predicted molar refractivity (Wildman–Crippen MR) is 119 cm³/mol. The quantitative estimate of drug-likeness (QED) is 0.376. The van der Waals surface area contributed by atoms with Gasteiger partial charge in [0.15, 0.2) is 5.82 Å². The van der Waals surface area contributed by atoms with Crippen molar-refractivity contribution >= 4 is 11.0 Å². The molecule has 161 valence electrons. The van der Waals surface area contributed by atoms with E-state index in [1.807, 2.05) is 30.6 Å². The van der Waals surface area contributed by atoms with Gasteiger partial charge >= 0.3 is 0 Å². The second-order valence-electron chi connectivity index (χ2n) is 7.64. The highest BCUT2D eigenvalue weighted by Crippen LogP contribution is 2.32. The van der Waals surface area contributed by atoms with E-state index in [-0.39, 0.29) is 6.17 Å². The summed E-state index contributed by atoms with van der Waals surface area (Å²) in [5.41, 5.74) is 4.86. The third-order valence-electron chi connectivity index (χ3n) is 5.52. The maximum atomic E-state index is 4.69. The number of hydrogen-bond acceptors (Lipinski definition) is 7. The smallest absolute Gasteiger partial charge is 0.205 e. The molecule has 0 spiro atoms. The number of benzene rings is 2. The Morgan fingerprint density at radius 1 is 1.06 bits per heavy atom. The lowest BCUT2D eigenvalue weighted by molar-refractivity contribution is 0.321. The molecule has 1 N–H and O–H groups in total. The van der Waals surface area contributed by atoms with Crippen LogP contribution < -0.4 is 0 Å². The van der Waals surface area contributed by atoms with Crippen molar-refractivity contribution in [3.63, 3.8) is 0 Å². The molecule has 3 heterocycles. The van der Waals surface area contributed by atoms with Crippen LogP contribution in [0.4, 0.5) is 0 Å². The van der Waals surface area contributed by atoms with Gasteiger partial charge in [-0.15, -0.1) is 25.2 Å². The lowest BCUT2D eigenvalue weighted by Gasteiger charge is -2.18. The van der Waals surface area contributed by atoms with Crippen LogP contribution >= 0.6 is 0 Å². The van der Waals surface area contributed by atoms with E-state index in [2.05, 4.69) is 77.6 Å². The Hall–Kier alpha value is -3.95. The van der Waals surface area contributed by atoms with Gasteiger partial charge in [0.2, 0.25) is 5.82 Å². The SMILES string of the molecule is [CH2]c1nnn(C(CCCCC)n2cnc3cc(-c4ccccc4-c4nn[nH]n4)ccc32)n1. The molecule has 0 aliphatic heterocycles. The molecule has 0 saturated carbocycles. The molecular weight excluding hydrogens is 404 g/mol. The van der Waals surface area contributed by atoms with E-state index in [9.17, 15) is 0 Å². The zero-order valence-electron chi connectivity index (χ0n) is 17.8. The number of H-pyrrole nitrogens is 1. The summed E-state index contributed by atoms with van der Waals surface area (Å²) < 4.78 is 2.11. The second-order valence-corrected chi connectivity index (χ2v) is 7.64. The van der Waals surface area contributed by atoms with Crippen LogP contribution in [0.5, 0.6) is 0 Å². The molecule has 5 rings (SSSR count). The molecule has 1 atom stereocenters. The van der Waals surface area contributed by atoms with Crippen LogP contribution in [-0.4, -0.2) is 50.4 Å². The Labute approximate surface area is 184 Å². The average molecular weight is 427 g/mol. The van der Waals surface area contributed by atoms with Gasteiger partial charge in [-0.25, -0.2) is 4.98 Å². The number of imidazole rings is 1. The molecule has 0 amide bonds. The summed E-state index contributed by atoms with van der Waals surface area (Å²) in [5, 5.41) is 27.0. The van der Waals surface area contributed by atoms with Gasteiger partial charge in [0, 0.05) is 12.5 Å². The van der Waals surface area contributed by atoms with Crippen molar-refractivity contribution < 1.29 is 0 Å². The van der Waals surface area contributed by atoms with E-state index in [1.54, 1.807) is 4.80 Å². The second kappa shape index (κ2) is 8.66. The minimum absolute atomic E-state index is 0.105. The molecule has 0 aliphatic rings. The van der Waals surface area contributed by atoms with Crippen LogP contribution in [0.1, 0.15) is 44.6 Å². The molecular formula is C22H23N10. The number of rotatable bonds is 8. The van der Waals surface area contributed by atoms with Gasteiger partial charge in [0.25, 0.3) is 0 Å². The number of hydrogen-bond donors (Lipinski definition) is 1. The van der Waals surface area contributed by atoms with E-state index in [1.165, 1.54) is 0 Å². The van der Waals surface area contributed by atoms with Gasteiger partial charge in [-0.3, -0.25) is 0 Å². The first kappa shape index (κ1) is 20.0. The number of aromatic nitrogens is 10. The molecule has 0 fully saturated rings. The molecule has 1 unspecified atom stereocenters. The molecule has 1 radical (unpaired) electrons. The van der Waals surface area contributed by atoms with E-state index >= 15 is 0 Å². The largest absolute Gasteiger partial charge is 0.306 e. The fourth-order valence-electron chi connectivity index (χ4n) is 3.97. The Balaban J connectivity index is 1.54. The predicted octanol–water partition coefficient (Wildman–Crippen LogP) is 3.68. The van der Waals surface area contributed by atoms with Crippen LogP contribution in [0.3, 0.4) is 0 Å². The Bertz CT molecular complexity index is 1320. The van der Waals surface area contributed by atoms with Crippen LogP contribution in [0.2, 0.25) is 0 Å². The van der Waals surface area contributed by atoms with Crippen molar-refractivity contribution in [2.75, 3.05) is 0 Å². The minimum atomic E-state index is -0.105. The number of nitrogens with zero attached hydrogens (tertiary/aromatic N) is 9. The fraction of sp³-hybridized carbons (Fsp3) is 0.273. The van der Waals surface area contributed by atoms with E-state index in [0.29, 0.717) is 11.6 Å². The van der Waals surface area contributed by atoms with Crippen LogP contribution in [0.15, 0.2) is 48.8 Å². The van der Waals surface area contributed by atoms with Crippen LogP contribution in [0, 0.1) is 6.92 Å². The molecule has 3 aromatic heterocycles. The van der Waals surface area contributed by atoms with Crippen molar-refractivity contribution in [1.82, 2.24) is 50.4 Å². The molecule has 2 aromatic carbocycles. The number of tetrazole rings is 2. The zero-order chi connectivity index (χ0) is 21.9. The number of fused-ring (bicyclic) bond motifs is 1. The normalized spacial score (nSPS) is 12.4. The maximum Gasteiger partial charge on any atom is 0.205 e. The number of nitrogens with one attached hydrogen (secondary N) is 1. The molecule has 32 heavy (non-hydrogen) atoms. The summed E-state index contributed by atoms with van der Waals surface area (Å²) >= 11 is 0. The summed E-state index contributed by atoms with van der Waals surface area (Å²) in [5.74, 6) is 0.971. The zero-order valence-corrected chi connectivity index (χ0v) is 17.8. The molecule has 0 aliphatic carbocycles.